The number of rotatable bonds is 4. The van der Waals surface area contributed by atoms with Gasteiger partial charge in [-0.1, -0.05) is 35.3 Å². The van der Waals surface area contributed by atoms with E-state index in [1.807, 2.05) is 17.0 Å². The number of amides is 1. The minimum atomic E-state index is 0.173. The number of carbonyl (C=O) groups excluding carboxylic acids is 1. The van der Waals surface area contributed by atoms with Crippen molar-refractivity contribution in [2.45, 2.75) is 19.3 Å². The molecule has 5 heteroatoms. The van der Waals surface area contributed by atoms with Crippen LogP contribution in [0.1, 0.15) is 18.4 Å². The van der Waals surface area contributed by atoms with Crippen LogP contribution in [0.25, 0.3) is 0 Å². The van der Waals surface area contributed by atoms with E-state index in [4.69, 9.17) is 28.9 Å². The van der Waals surface area contributed by atoms with Crippen molar-refractivity contribution in [3.8, 4) is 0 Å². The zero-order valence-electron chi connectivity index (χ0n) is 10.7. The second-order valence-corrected chi connectivity index (χ2v) is 5.73. The molecule has 2 rings (SSSR count). The summed E-state index contributed by atoms with van der Waals surface area (Å²) in [7, 11) is 0. The first-order valence-corrected chi connectivity index (χ1v) is 7.28. The number of likely N-dealkylation sites (tertiary alicyclic amines) is 1. The topological polar surface area (TPSA) is 46.3 Å². The molecule has 0 unspecified atom stereocenters. The Morgan fingerprint density at radius 3 is 2.89 bits per heavy atom. The normalized spacial score (nSPS) is 18.9. The van der Waals surface area contributed by atoms with Gasteiger partial charge in [0.25, 0.3) is 0 Å². The molecular formula is C14H18Cl2N2O. The number of aryl methyl sites for hydroxylation is 1. The van der Waals surface area contributed by atoms with Gasteiger partial charge in [0.15, 0.2) is 0 Å². The van der Waals surface area contributed by atoms with E-state index in [0.717, 1.165) is 25.1 Å². The maximum Gasteiger partial charge on any atom is 0.222 e. The monoisotopic (exact) mass is 300 g/mol. The fraction of sp³-hybridized carbons (Fsp3) is 0.500. The van der Waals surface area contributed by atoms with E-state index in [9.17, 15) is 4.79 Å². The van der Waals surface area contributed by atoms with Gasteiger partial charge in [-0.15, -0.1) is 0 Å². The molecule has 1 atom stereocenters. The molecule has 1 heterocycles. The summed E-state index contributed by atoms with van der Waals surface area (Å²) in [6, 6.07) is 5.52. The number of hydrogen-bond donors (Lipinski definition) is 1. The summed E-state index contributed by atoms with van der Waals surface area (Å²) >= 11 is 12.1. The average Bonchev–Trinajstić information content (AvgIpc) is 2.89. The molecule has 1 saturated heterocycles. The molecule has 0 saturated carbocycles. The van der Waals surface area contributed by atoms with Gasteiger partial charge in [0, 0.05) is 19.5 Å². The Hall–Kier alpha value is -0.770. The number of halogens is 2. The molecule has 1 aromatic carbocycles. The Kier molecular flexibility index (Phi) is 5.08. The SMILES string of the molecule is NC[C@@H]1CCN(C(=O)CCc2cccc(Cl)c2Cl)C1. The lowest BCUT2D eigenvalue weighted by Gasteiger charge is -2.16. The summed E-state index contributed by atoms with van der Waals surface area (Å²) in [5.74, 6) is 0.630. The lowest BCUT2D eigenvalue weighted by Crippen LogP contribution is -2.30. The molecule has 0 aliphatic carbocycles. The van der Waals surface area contributed by atoms with Gasteiger partial charge in [-0.05, 0) is 36.9 Å². The molecule has 1 aliphatic heterocycles. The second-order valence-electron chi connectivity index (χ2n) is 4.94. The van der Waals surface area contributed by atoms with Gasteiger partial charge >= 0.3 is 0 Å². The highest BCUT2D eigenvalue weighted by molar-refractivity contribution is 6.42. The van der Waals surface area contributed by atoms with Crippen LogP contribution < -0.4 is 5.73 Å². The second kappa shape index (κ2) is 6.60. The van der Waals surface area contributed by atoms with Gasteiger partial charge < -0.3 is 10.6 Å². The van der Waals surface area contributed by atoms with Crippen molar-refractivity contribution in [3.63, 3.8) is 0 Å². The molecule has 104 valence electrons. The zero-order valence-corrected chi connectivity index (χ0v) is 12.3. The van der Waals surface area contributed by atoms with Crippen LogP contribution in [-0.4, -0.2) is 30.4 Å². The highest BCUT2D eigenvalue weighted by Gasteiger charge is 2.24. The quantitative estimate of drug-likeness (QED) is 0.929. The maximum absolute atomic E-state index is 12.1. The van der Waals surface area contributed by atoms with E-state index in [-0.39, 0.29) is 5.91 Å². The Labute approximate surface area is 123 Å². The molecule has 1 aliphatic rings. The van der Waals surface area contributed by atoms with Crippen molar-refractivity contribution in [2.24, 2.45) is 11.7 Å². The van der Waals surface area contributed by atoms with Crippen LogP contribution in [0.4, 0.5) is 0 Å². The molecule has 0 spiro atoms. The van der Waals surface area contributed by atoms with Crippen LogP contribution >= 0.6 is 23.2 Å². The van der Waals surface area contributed by atoms with Crippen molar-refractivity contribution >= 4 is 29.1 Å². The lowest BCUT2D eigenvalue weighted by molar-refractivity contribution is -0.130. The molecular weight excluding hydrogens is 283 g/mol. The van der Waals surface area contributed by atoms with E-state index in [1.165, 1.54) is 0 Å². The first-order chi connectivity index (χ1) is 9.11. The summed E-state index contributed by atoms with van der Waals surface area (Å²) in [6.07, 6.45) is 2.11. The Bertz CT molecular complexity index is 465. The molecule has 2 N–H and O–H groups in total. The molecule has 0 aromatic heterocycles. The highest BCUT2D eigenvalue weighted by Crippen LogP contribution is 2.26. The van der Waals surface area contributed by atoms with Gasteiger partial charge in [0.2, 0.25) is 5.91 Å². The zero-order chi connectivity index (χ0) is 13.8. The van der Waals surface area contributed by atoms with Crippen LogP contribution in [0.15, 0.2) is 18.2 Å². The van der Waals surface area contributed by atoms with Gasteiger partial charge in [-0.2, -0.15) is 0 Å². The summed E-state index contributed by atoms with van der Waals surface area (Å²) in [6.45, 7) is 2.27. The maximum atomic E-state index is 12.1. The molecule has 0 radical (unpaired) electrons. The Morgan fingerprint density at radius 1 is 1.42 bits per heavy atom. The van der Waals surface area contributed by atoms with E-state index in [1.54, 1.807) is 6.07 Å². The highest BCUT2D eigenvalue weighted by atomic mass is 35.5. The fourth-order valence-corrected chi connectivity index (χ4v) is 2.81. The van der Waals surface area contributed by atoms with Crippen LogP contribution in [0.3, 0.4) is 0 Å². The molecule has 3 nitrogen and oxygen atoms in total. The first-order valence-electron chi connectivity index (χ1n) is 6.52. The number of benzene rings is 1. The standard InChI is InChI=1S/C14H18Cl2N2O/c15-12-3-1-2-11(14(12)16)4-5-13(19)18-7-6-10(8-17)9-18/h1-3,10H,4-9,17H2/t10-/m0/s1. The molecule has 1 aromatic rings. The lowest BCUT2D eigenvalue weighted by atomic mass is 10.1. The van der Waals surface area contributed by atoms with Crippen LogP contribution in [0.5, 0.6) is 0 Å². The summed E-state index contributed by atoms with van der Waals surface area (Å²) in [4.78, 5) is 14.0. The smallest absolute Gasteiger partial charge is 0.222 e. The van der Waals surface area contributed by atoms with Crippen LogP contribution in [-0.2, 0) is 11.2 Å². The van der Waals surface area contributed by atoms with Crippen molar-refractivity contribution in [1.82, 2.24) is 4.90 Å². The number of nitrogens with zero attached hydrogens (tertiary/aromatic N) is 1. The number of nitrogens with two attached hydrogens (primary N) is 1. The number of carbonyl (C=O) groups is 1. The van der Waals surface area contributed by atoms with Gasteiger partial charge in [0.1, 0.15) is 0 Å². The summed E-state index contributed by atoms with van der Waals surface area (Å²) in [5, 5.41) is 1.09. The third kappa shape index (κ3) is 3.62. The van der Waals surface area contributed by atoms with Crippen molar-refractivity contribution < 1.29 is 4.79 Å². The summed E-state index contributed by atoms with van der Waals surface area (Å²) in [5.41, 5.74) is 6.56. The molecule has 1 amide bonds. The van der Waals surface area contributed by atoms with Crippen LogP contribution in [0.2, 0.25) is 10.0 Å². The van der Waals surface area contributed by atoms with E-state index >= 15 is 0 Å². The van der Waals surface area contributed by atoms with Gasteiger partial charge in [-0.25, -0.2) is 0 Å². The Morgan fingerprint density at radius 2 is 2.21 bits per heavy atom. The first kappa shape index (κ1) is 14.6. The molecule has 1 fully saturated rings. The number of hydrogen-bond acceptors (Lipinski definition) is 2. The largest absolute Gasteiger partial charge is 0.342 e. The minimum Gasteiger partial charge on any atom is -0.342 e. The van der Waals surface area contributed by atoms with Crippen LogP contribution in [0, 0.1) is 5.92 Å². The van der Waals surface area contributed by atoms with Crippen molar-refractivity contribution in [1.29, 1.82) is 0 Å². The molecule has 19 heavy (non-hydrogen) atoms. The predicted octanol–water partition coefficient (Wildman–Crippen LogP) is 2.73. The molecule has 0 bridgehead atoms. The third-order valence-corrected chi connectivity index (χ3v) is 4.47. The summed E-state index contributed by atoms with van der Waals surface area (Å²) < 4.78 is 0. The third-order valence-electron chi connectivity index (χ3n) is 3.61. The van der Waals surface area contributed by atoms with Gasteiger partial charge in [-0.3, -0.25) is 4.79 Å². The van der Waals surface area contributed by atoms with Gasteiger partial charge in [0.05, 0.1) is 10.0 Å². The van der Waals surface area contributed by atoms with Crippen molar-refractivity contribution in [2.75, 3.05) is 19.6 Å². The van der Waals surface area contributed by atoms with E-state index in [0.29, 0.717) is 35.3 Å². The average molecular weight is 301 g/mol. The minimum absolute atomic E-state index is 0.173. The predicted molar refractivity (Wildman–Crippen MR) is 78.5 cm³/mol. The van der Waals surface area contributed by atoms with E-state index < -0.39 is 0 Å². The van der Waals surface area contributed by atoms with Crippen molar-refractivity contribution in [3.05, 3.63) is 33.8 Å². The fourth-order valence-electron chi connectivity index (χ4n) is 2.39. The van der Waals surface area contributed by atoms with E-state index in [2.05, 4.69) is 0 Å². The Balaban J connectivity index is 1.89.